The van der Waals surface area contributed by atoms with Gasteiger partial charge in [-0.1, -0.05) is 59.6 Å². The van der Waals surface area contributed by atoms with E-state index in [0.29, 0.717) is 11.5 Å². The van der Waals surface area contributed by atoms with Crippen molar-refractivity contribution in [3.63, 3.8) is 0 Å². The standard InChI is InChI=1S/C15H22O2.C12H16O3.C4H10.BrH/c1-6-7-8-15(2,3)12-9-13(16-4)11-14(10-12)17-5;1-12(2,8-13)9-5-10(14-3)7-11(6-9)15-4;1-3-4-2;/h7-11H,6H2,1-5H3;5-8H,1-4H3;3-4H2,1-2H3;1H/p-1/b8-7+;;;. The Morgan fingerprint density at radius 2 is 0.946 bits per heavy atom. The number of carbonyl (C=O) groups excluding carboxylic acids is 1. The fourth-order valence-electron chi connectivity index (χ4n) is 2.94. The van der Waals surface area contributed by atoms with Crippen molar-refractivity contribution < 1.29 is 40.7 Å². The first kappa shape index (κ1) is 36.7. The summed E-state index contributed by atoms with van der Waals surface area (Å²) in [5.41, 5.74) is 1.53. The van der Waals surface area contributed by atoms with Crippen LogP contribution in [-0.4, -0.2) is 34.7 Å². The molecule has 0 bridgehead atoms. The predicted molar refractivity (Wildman–Crippen MR) is 151 cm³/mol. The van der Waals surface area contributed by atoms with Crippen molar-refractivity contribution in [3.8, 4) is 23.0 Å². The van der Waals surface area contributed by atoms with Crippen LogP contribution in [0.4, 0.5) is 0 Å². The van der Waals surface area contributed by atoms with Crippen LogP contribution < -0.4 is 35.9 Å². The van der Waals surface area contributed by atoms with Crippen LogP contribution in [-0.2, 0) is 15.6 Å². The van der Waals surface area contributed by atoms with Crippen molar-refractivity contribution in [2.45, 2.75) is 78.6 Å². The number of hydrogen-bond acceptors (Lipinski definition) is 5. The molecule has 2 aromatic carbocycles. The van der Waals surface area contributed by atoms with Gasteiger partial charge in [-0.25, -0.2) is 0 Å². The van der Waals surface area contributed by atoms with Crippen LogP contribution in [0, 0.1) is 0 Å². The number of halogens is 1. The fraction of sp³-hybridized carbons (Fsp3) is 0.516. The van der Waals surface area contributed by atoms with Crippen LogP contribution in [0.2, 0.25) is 0 Å². The van der Waals surface area contributed by atoms with Crippen molar-refractivity contribution in [3.05, 3.63) is 59.7 Å². The van der Waals surface area contributed by atoms with Crippen LogP contribution in [0.3, 0.4) is 0 Å². The average Bonchev–Trinajstić information content (AvgIpc) is 2.91. The van der Waals surface area contributed by atoms with Gasteiger partial charge < -0.3 is 40.7 Å². The Morgan fingerprint density at radius 3 is 1.19 bits per heavy atom. The van der Waals surface area contributed by atoms with Gasteiger partial charge in [0.25, 0.3) is 0 Å². The molecular weight excluding hydrogens is 532 g/mol. The maximum absolute atomic E-state index is 10.9. The topological polar surface area (TPSA) is 54.0 Å². The van der Waals surface area contributed by atoms with Crippen LogP contribution in [0.5, 0.6) is 23.0 Å². The number of benzene rings is 2. The summed E-state index contributed by atoms with van der Waals surface area (Å²) in [7, 11) is 6.53. The molecule has 0 aliphatic heterocycles. The van der Waals surface area contributed by atoms with E-state index >= 15 is 0 Å². The molecule has 0 aliphatic rings. The van der Waals surface area contributed by atoms with Gasteiger partial charge in [-0.2, -0.15) is 0 Å². The van der Waals surface area contributed by atoms with Gasteiger partial charge in [0.2, 0.25) is 0 Å². The SMILES string of the molecule is CC/C=C/C(C)(C)c1cc(OC)cc(OC)c1.CCCC.COc1cc(OC)cc(C(C)(C)C=O)c1.[Br-]. The zero-order chi connectivity index (χ0) is 27.8. The van der Waals surface area contributed by atoms with Gasteiger partial charge in [0.05, 0.1) is 28.4 Å². The highest BCUT2D eigenvalue weighted by Gasteiger charge is 2.21. The van der Waals surface area contributed by atoms with Gasteiger partial charge in [0, 0.05) is 23.0 Å². The molecule has 0 unspecified atom stereocenters. The lowest BCUT2D eigenvalue weighted by Gasteiger charge is -2.22. The summed E-state index contributed by atoms with van der Waals surface area (Å²) in [6.45, 7) is 14.6. The molecule has 0 amide bonds. The Balaban J connectivity index is 0. The Hall–Kier alpha value is -2.47. The molecular formula is C31H48BrO5-. The second kappa shape index (κ2) is 18.7. The Bertz CT molecular complexity index is 889. The monoisotopic (exact) mass is 579 g/mol. The second-order valence-electron chi connectivity index (χ2n) is 9.57. The van der Waals surface area contributed by atoms with Crippen molar-refractivity contribution in [1.29, 1.82) is 0 Å². The minimum atomic E-state index is -0.526. The first-order chi connectivity index (χ1) is 17.0. The number of carbonyl (C=O) groups is 1. The van der Waals surface area contributed by atoms with Crippen molar-refractivity contribution >= 4 is 6.29 Å². The Morgan fingerprint density at radius 1 is 0.622 bits per heavy atom. The van der Waals surface area contributed by atoms with Gasteiger partial charge >= 0.3 is 0 Å². The predicted octanol–water partition coefficient (Wildman–Crippen LogP) is 4.94. The summed E-state index contributed by atoms with van der Waals surface area (Å²) in [6, 6.07) is 11.5. The van der Waals surface area contributed by atoms with Crippen LogP contribution in [0.25, 0.3) is 0 Å². The van der Waals surface area contributed by atoms with E-state index in [1.54, 1.807) is 34.5 Å². The summed E-state index contributed by atoms with van der Waals surface area (Å²) in [4.78, 5) is 10.9. The van der Waals surface area contributed by atoms with E-state index in [9.17, 15) is 4.79 Å². The lowest BCUT2D eigenvalue weighted by atomic mass is 9.84. The van der Waals surface area contributed by atoms with E-state index in [1.165, 1.54) is 18.4 Å². The third-order valence-electron chi connectivity index (χ3n) is 5.76. The molecule has 0 saturated carbocycles. The van der Waals surface area contributed by atoms with Crippen LogP contribution in [0.1, 0.15) is 78.9 Å². The zero-order valence-electron chi connectivity index (χ0n) is 24.7. The third kappa shape index (κ3) is 13.1. The molecule has 5 nitrogen and oxygen atoms in total. The van der Waals surface area contributed by atoms with E-state index in [1.807, 2.05) is 32.0 Å². The Kier molecular flexibility index (Phi) is 18.6. The highest BCUT2D eigenvalue weighted by atomic mass is 79.9. The van der Waals surface area contributed by atoms with Crippen molar-refractivity contribution in [2.75, 3.05) is 28.4 Å². The molecule has 0 heterocycles. The maximum atomic E-state index is 10.9. The molecule has 0 aromatic heterocycles. The summed E-state index contributed by atoms with van der Waals surface area (Å²) < 4.78 is 20.9. The molecule has 0 saturated heterocycles. The molecule has 2 rings (SSSR count). The number of rotatable bonds is 10. The van der Waals surface area contributed by atoms with E-state index in [4.69, 9.17) is 18.9 Å². The molecule has 2 aromatic rings. The molecule has 6 heteroatoms. The number of aldehydes is 1. The molecule has 0 aliphatic carbocycles. The van der Waals surface area contributed by atoms with E-state index in [2.05, 4.69) is 58.9 Å². The Labute approximate surface area is 236 Å². The lowest BCUT2D eigenvalue weighted by Crippen LogP contribution is -3.00. The second-order valence-corrected chi connectivity index (χ2v) is 9.57. The molecule has 210 valence electrons. The van der Waals surface area contributed by atoms with E-state index in [0.717, 1.165) is 29.8 Å². The summed E-state index contributed by atoms with van der Waals surface area (Å²) >= 11 is 0. The van der Waals surface area contributed by atoms with Gasteiger partial charge in [0.15, 0.2) is 0 Å². The van der Waals surface area contributed by atoms with Gasteiger partial charge in [-0.15, -0.1) is 0 Å². The van der Waals surface area contributed by atoms with Gasteiger partial charge in [0.1, 0.15) is 29.3 Å². The van der Waals surface area contributed by atoms with Crippen LogP contribution in [0.15, 0.2) is 48.6 Å². The molecule has 0 N–H and O–H groups in total. The third-order valence-corrected chi connectivity index (χ3v) is 5.76. The van der Waals surface area contributed by atoms with Gasteiger partial charge in [-0.3, -0.25) is 0 Å². The molecule has 0 spiro atoms. The average molecular weight is 581 g/mol. The highest BCUT2D eigenvalue weighted by Crippen LogP contribution is 2.32. The van der Waals surface area contributed by atoms with Crippen molar-refractivity contribution in [2.24, 2.45) is 0 Å². The number of unbranched alkanes of at least 4 members (excludes halogenated alkanes) is 1. The minimum absolute atomic E-state index is 0. The lowest BCUT2D eigenvalue weighted by molar-refractivity contribution is -0.111. The smallest absolute Gasteiger partial charge is 0.129 e. The first-order valence-electron chi connectivity index (χ1n) is 12.6. The van der Waals surface area contributed by atoms with Crippen molar-refractivity contribution in [1.82, 2.24) is 0 Å². The summed E-state index contributed by atoms with van der Waals surface area (Å²) in [5.74, 6) is 3.05. The fourth-order valence-corrected chi connectivity index (χ4v) is 2.94. The maximum Gasteiger partial charge on any atom is 0.129 e. The normalized spacial score (nSPS) is 10.7. The number of ether oxygens (including phenoxy) is 4. The molecule has 0 atom stereocenters. The number of hydrogen-bond donors (Lipinski definition) is 0. The zero-order valence-corrected chi connectivity index (χ0v) is 26.3. The quantitative estimate of drug-likeness (QED) is 0.295. The minimum Gasteiger partial charge on any atom is -1.00 e. The summed E-state index contributed by atoms with van der Waals surface area (Å²) in [5, 5.41) is 0. The largest absolute Gasteiger partial charge is 1.00 e. The molecule has 0 fully saturated rings. The highest BCUT2D eigenvalue weighted by molar-refractivity contribution is 5.68. The summed E-state index contributed by atoms with van der Waals surface area (Å²) in [6.07, 6.45) is 9.01. The molecule has 0 radical (unpaired) electrons. The first-order valence-corrected chi connectivity index (χ1v) is 12.6. The molecule has 37 heavy (non-hydrogen) atoms. The van der Waals surface area contributed by atoms with E-state index < -0.39 is 5.41 Å². The number of allylic oxidation sites excluding steroid dienone is 2. The van der Waals surface area contributed by atoms with Crippen LogP contribution >= 0.6 is 0 Å². The number of methoxy groups -OCH3 is 4. The van der Waals surface area contributed by atoms with E-state index in [-0.39, 0.29) is 22.4 Å². The van der Waals surface area contributed by atoms with Gasteiger partial charge in [-0.05, 0) is 55.7 Å².